The normalized spacial score (nSPS) is 32.0. The molecule has 2 saturated carbocycles. The van der Waals surface area contributed by atoms with Gasteiger partial charge < -0.3 is 0 Å². The van der Waals surface area contributed by atoms with Crippen molar-refractivity contribution in [2.24, 2.45) is 23.7 Å². The maximum Gasteiger partial charge on any atom is 0 e. The predicted molar refractivity (Wildman–Crippen MR) is 80.6 cm³/mol. The van der Waals surface area contributed by atoms with E-state index in [9.17, 15) is 0 Å². The van der Waals surface area contributed by atoms with Gasteiger partial charge in [0, 0.05) is 113 Å². The Morgan fingerprint density at radius 2 is 0.857 bits per heavy atom. The summed E-state index contributed by atoms with van der Waals surface area (Å²) in [6.45, 7) is 9.60. The summed E-state index contributed by atoms with van der Waals surface area (Å²) >= 11 is 0. The third kappa shape index (κ3) is 8.63. The Morgan fingerprint density at radius 3 is 1.10 bits per heavy atom. The van der Waals surface area contributed by atoms with Crippen LogP contribution in [0.1, 0.15) is 79.1 Å². The average molecular weight is 368 g/mol. The molecule has 128 valence electrons. The van der Waals surface area contributed by atoms with E-state index >= 15 is 0 Å². The summed E-state index contributed by atoms with van der Waals surface area (Å²) in [4.78, 5) is 0. The first-order valence-corrected chi connectivity index (χ1v) is 8.25. The maximum atomic E-state index is 2.43. The molecule has 0 unspecified atom stereocenters. The summed E-state index contributed by atoms with van der Waals surface area (Å²) in [6.07, 6.45) is 11.7. The van der Waals surface area contributed by atoms with Crippen LogP contribution in [-0.2, 0) is 0 Å². The van der Waals surface area contributed by atoms with Gasteiger partial charge in [0.15, 0.2) is 0 Å². The van der Waals surface area contributed by atoms with Crippen LogP contribution in [0.5, 0.6) is 0 Å². The van der Waals surface area contributed by atoms with Gasteiger partial charge in [0.1, 0.15) is 0 Å². The molecule has 21 heavy (non-hydrogen) atoms. The molecule has 0 aliphatic heterocycles. The molecule has 0 aromatic heterocycles. The van der Waals surface area contributed by atoms with Crippen LogP contribution in [-0.4, -0.2) is 0 Å². The van der Waals surface area contributed by atoms with E-state index in [1.54, 1.807) is 5.57 Å². The molecule has 0 N–H and O–H groups in total. The average Bonchev–Trinajstić information content (AvgIpc) is 2.34. The molecule has 0 nitrogen and oxygen atoms in total. The molecule has 0 aromatic carbocycles. The fourth-order valence-electron chi connectivity index (χ4n) is 4.29. The molecule has 2 aliphatic carbocycles. The van der Waals surface area contributed by atoms with E-state index in [0.717, 1.165) is 23.7 Å². The largest absolute Gasteiger partial charge is 0.0767 e. The van der Waals surface area contributed by atoms with E-state index in [2.05, 4.69) is 27.7 Å². The Labute approximate surface area is 223 Å². The van der Waals surface area contributed by atoms with Crippen LogP contribution in [0.4, 0.5) is 0 Å². The second-order valence-corrected chi connectivity index (χ2v) is 7.37. The molecule has 0 atom stereocenters. The first kappa shape index (κ1) is 26.7. The molecule has 2 rings (SSSR count). The fourth-order valence-corrected chi connectivity index (χ4v) is 4.29. The summed E-state index contributed by atoms with van der Waals surface area (Å²) in [6, 6.07) is 0. The van der Waals surface area contributed by atoms with Crippen LogP contribution in [0, 0.1) is 137 Å². The first-order valence-electron chi connectivity index (χ1n) is 8.25. The van der Waals surface area contributed by atoms with Gasteiger partial charge in [-0.3, -0.25) is 0 Å². The molecular weight excluding hydrogens is 336 g/mol. The molecule has 0 spiro atoms. The zero-order chi connectivity index (χ0) is 13.1. The van der Waals surface area contributed by atoms with E-state index in [4.69, 9.17) is 0 Å². The van der Waals surface area contributed by atoms with Crippen LogP contribution in [0.25, 0.3) is 0 Å². The summed E-state index contributed by atoms with van der Waals surface area (Å²) in [7, 11) is 0. The van der Waals surface area contributed by atoms with Crippen molar-refractivity contribution in [2.45, 2.75) is 79.1 Å². The van der Waals surface area contributed by atoms with Gasteiger partial charge in [-0.1, -0.05) is 50.7 Å². The van der Waals surface area contributed by atoms with Gasteiger partial charge in [-0.25, -0.2) is 0 Å². The Balaban J connectivity index is 0. The topological polar surface area (TPSA) is 0 Å². The van der Waals surface area contributed by atoms with Gasteiger partial charge in [-0.2, -0.15) is 0 Å². The molecule has 2 fully saturated rings. The zero-order valence-electron chi connectivity index (χ0n) is 14.0. The van der Waals surface area contributed by atoms with E-state index in [1.807, 2.05) is 5.57 Å². The standard InChI is InChI=1S/C18H32.3Ar/c1-13(2)18(16-9-5-14(3)6-10-16)17-11-7-15(4)8-12-17;;;/h14-17H,5-12H2,1-4H3;;;. The van der Waals surface area contributed by atoms with Crippen molar-refractivity contribution in [3.63, 3.8) is 0 Å². The van der Waals surface area contributed by atoms with Gasteiger partial charge in [0.2, 0.25) is 0 Å². The minimum absolute atomic E-state index is 0. The predicted octanol–water partition coefficient (Wildman–Crippen LogP) is 5.98. The van der Waals surface area contributed by atoms with Crippen LogP contribution in [0.3, 0.4) is 0 Å². The molecule has 0 radical (unpaired) electrons. The van der Waals surface area contributed by atoms with Crippen LogP contribution >= 0.6 is 0 Å². The second kappa shape index (κ2) is 13.7. The number of rotatable bonds is 2. The third-order valence-corrected chi connectivity index (χ3v) is 5.49. The number of hydrogen-bond donors (Lipinski definition) is 0. The number of hydrogen-bond acceptors (Lipinski definition) is 0. The van der Waals surface area contributed by atoms with Gasteiger partial charge in [0.05, 0.1) is 0 Å². The third-order valence-electron chi connectivity index (χ3n) is 5.49. The van der Waals surface area contributed by atoms with Gasteiger partial charge in [-0.15, -0.1) is 0 Å². The molecule has 3 heteroatoms. The fraction of sp³-hybridized carbons (Fsp3) is 0.889. The molecular formula is C18H32Ar3. The van der Waals surface area contributed by atoms with Crippen LogP contribution in [0.2, 0.25) is 0 Å². The summed E-state index contributed by atoms with van der Waals surface area (Å²) in [5, 5.41) is 0. The van der Waals surface area contributed by atoms with Crippen molar-refractivity contribution in [3.05, 3.63) is 11.1 Å². The summed E-state index contributed by atoms with van der Waals surface area (Å²) in [5.41, 5.74) is 3.53. The Morgan fingerprint density at radius 1 is 0.571 bits per heavy atom. The Bertz CT molecular complexity index is 268. The summed E-state index contributed by atoms with van der Waals surface area (Å²) < 4.78 is 0. The SMILES string of the molecule is CC(C)=C(C1CCC(C)CC1)C1CCC(C)CC1.[Ar].[Ar].[Ar]. The molecule has 0 heterocycles. The van der Waals surface area contributed by atoms with Gasteiger partial charge in [0.25, 0.3) is 0 Å². The van der Waals surface area contributed by atoms with Crippen molar-refractivity contribution in [3.8, 4) is 0 Å². The van der Waals surface area contributed by atoms with Crippen molar-refractivity contribution < 1.29 is 113 Å². The van der Waals surface area contributed by atoms with Crippen LogP contribution in [0.15, 0.2) is 11.1 Å². The Hall–Kier alpha value is 3.52. The van der Waals surface area contributed by atoms with E-state index in [0.29, 0.717) is 0 Å². The minimum Gasteiger partial charge on any atom is -0.0767 e. The van der Waals surface area contributed by atoms with E-state index in [-0.39, 0.29) is 113 Å². The van der Waals surface area contributed by atoms with Crippen molar-refractivity contribution >= 4 is 0 Å². The van der Waals surface area contributed by atoms with E-state index < -0.39 is 0 Å². The van der Waals surface area contributed by atoms with Gasteiger partial charge in [-0.05, 0) is 63.2 Å². The van der Waals surface area contributed by atoms with Crippen LogP contribution < -0.4 is 0 Å². The van der Waals surface area contributed by atoms with Crippen molar-refractivity contribution in [2.75, 3.05) is 0 Å². The molecule has 0 bridgehead atoms. The molecule has 2 aliphatic rings. The molecule has 0 amide bonds. The monoisotopic (exact) mass is 368 g/mol. The van der Waals surface area contributed by atoms with Gasteiger partial charge >= 0.3 is 0 Å². The van der Waals surface area contributed by atoms with Crippen molar-refractivity contribution in [1.29, 1.82) is 0 Å². The second-order valence-electron chi connectivity index (χ2n) is 7.37. The quantitative estimate of drug-likeness (QED) is 0.527. The first-order chi connectivity index (χ1) is 8.58. The minimum atomic E-state index is 0. The van der Waals surface area contributed by atoms with Crippen molar-refractivity contribution in [1.82, 2.24) is 0 Å². The molecule has 0 saturated heterocycles. The van der Waals surface area contributed by atoms with E-state index in [1.165, 1.54) is 51.4 Å². The maximum absolute atomic E-state index is 2.43. The zero-order valence-corrected chi connectivity index (χ0v) is 16.1. The molecule has 0 aromatic rings. The summed E-state index contributed by atoms with van der Waals surface area (Å²) in [5.74, 6) is 3.83. The number of allylic oxidation sites excluding steroid dienone is 2. The smallest absolute Gasteiger partial charge is 0 e. The Kier molecular flexibility index (Phi) is 17.4.